The fourth-order valence-corrected chi connectivity index (χ4v) is 2.91. The molecule has 0 aromatic heterocycles. The molecule has 1 fully saturated rings. The van der Waals surface area contributed by atoms with E-state index in [1.54, 1.807) is 0 Å². The monoisotopic (exact) mass is 265 g/mol. The van der Waals surface area contributed by atoms with Crippen molar-refractivity contribution < 1.29 is 9.13 Å². The molecule has 0 heterocycles. The van der Waals surface area contributed by atoms with Crippen LogP contribution in [-0.2, 0) is 11.3 Å². The molecule has 106 valence electrons. The maximum Gasteiger partial charge on any atom is 0.123 e. The Morgan fingerprint density at radius 1 is 1.32 bits per heavy atom. The lowest BCUT2D eigenvalue weighted by Gasteiger charge is -2.53. The number of halogens is 1. The first kappa shape index (κ1) is 14.5. The molecule has 3 unspecified atom stereocenters. The van der Waals surface area contributed by atoms with Gasteiger partial charge >= 0.3 is 0 Å². The van der Waals surface area contributed by atoms with Crippen LogP contribution in [-0.4, -0.2) is 18.8 Å². The fraction of sp³-hybridized carbons (Fsp3) is 0.625. The predicted octanol–water partition coefficient (Wildman–Crippen LogP) is 3.51. The van der Waals surface area contributed by atoms with Crippen LogP contribution in [0.5, 0.6) is 0 Å². The van der Waals surface area contributed by atoms with Crippen LogP contribution in [0.15, 0.2) is 24.3 Å². The lowest BCUT2D eigenvalue weighted by Crippen LogP contribution is -2.61. The van der Waals surface area contributed by atoms with Gasteiger partial charge in [-0.1, -0.05) is 26.0 Å². The third-order valence-corrected chi connectivity index (χ3v) is 4.58. The van der Waals surface area contributed by atoms with E-state index >= 15 is 0 Å². The molecule has 1 aromatic rings. The Balaban J connectivity index is 1.88. The van der Waals surface area contributed by atoms with Crippen LogP contribution < -0.4 is 5.32 Å². The van der Waals surface area contributed by atoms with Crippen molar-refractivity contribution in [3.63, 3.8) is 0 Å². The first-order valence-corrected chi connectivity index (χ1v) is 7.19. The van der Waals surface area contributed by atoms with Gasteiger partial charge in [0.15, 0.2) is 0 Å². The zero-order chi connectivity index (χ0) is 13.9. The summed E-state index contributed by atoms with van der Waals surface area (Å²) >= 11 is 0. The molecule has 0 amide bonds. The summed E-state index contributed by atoms with van der Waals surface area (Å²) in [4.78, 5) is 0. The van der Waals surface area contributed by atoms with Gasteiger partial charge in [-0.05, 0) is 37.5 Å². The van der Waals surface area contributed by atoms with Crippen molar-refractivity contribution >= 4 is 0 Å². The Labute approximate surface area is 115 Å². The molecule has 2 nitrogen and oxygen atoms in total. The lowest BCUT2D eigenvalue weighted by atomic mass is 9.61. The molecule has 0 bridgehead atoms. The zero-order valence-corrected chi connectivity index (χ0v) is 12.1. The second-order valence-corrected chi connectivity index (χ2v) is 5.60. The van der Waals surface area contributed by atoms with Crippen LogP contribution in [0.3, 0.4) is 0 Å². The molecule has 1 aliphatic carbocycles. The summed E-state index contributed by atoms with van der Waals surface area (Å²) in [6.45, 7) is 8.14. The van der Waals surface area contributed by atoms with Gasteiger partial charge in [-0.25, -0.2) is 4.39 Å². The molecular formula is C16H24FNO. The van der Waals surface area contributed by atoms with Gasteiger partial charge in [0.1, 0.15) is 5.82 Å². The van der Waals surface area contributed by atoms with E-state index in [4.69, 9.17) is 4.74 Å². The summed E-state index contributed by atoms with van der Waals surface area (Å²) in [6, 6.07) is 7.19. The standard InChI is InChI=1S/C16H24FNO/c1-4-16(3)14(10-15(16)19-5-2)18-11-12-6-8-13(17)9-7-12/h6-9,14-15,18H,4-5,10-11H2,1-3H3. The minimum absolute atomic E-state index is 0.179. The van der Waals surface area contributed by atoms with Crippen LogP contribution in [0, 0.1) is 11.2 Å². The molecule has 3 atom stereocenters. The minimum atomic E-state index is -0.179. The van der Waals surface area contributed by atoms with Crippen molar-refractivity contribution in [1.29, 1.82) is 0 Å². The van der Waals surface area contributed by atoms with Crippen LogP contribution in [0.1, 0.15) is 39.2 Å². The highest BCUT2D eigenvalue weighted by Gasteiger charge is 2.50. The molecule has 0 radical (unpaired) electrons. The van der Waals surface area contributed by atoms with E-state index in [9.17, 15) is 4.39 Å². The molecule has 1 N–H and O–H groups in total. The highest BCUT2D eigenvalue weighted by molar-refractivity contribution is 5.16. The summed E-state index contributed by atoms with van der Waals surface area (Å²) in [6.07, 6.45) is 2.55. The van der Waals surface area contributed by atoms with E-state index < -0.39 is 0 Å². The fourth-order valence-electron chi connectivity index (χ4n) is 2.91. The number of benzene rings is 1. The molecule has 0 spiro atoms. The second kappa shape index (κ2) is 6.02. The Bertz CT molecular complexity index is 406. The average molecular weight is 265 g/mol. The molecule has 0 saturated heterocycles. The Morgan fingerprint density at radius 2 is 2.00 bits per heavy atom. The summed E-state index contributed by atoms with van der Waals surface area (Å²) in [7, 11) is 0. The molecule has 0 aliphatic heterocycles. The molecule has 1 saturated carbocycles. The van der Waals surface area contributed by atoms with Crippen LogP contribution in [0.2, 0.25) is 0 Å². The van der Waals surface area contributed by atoms with E-state index in [1.807, 2.05) is 12.1 Å². The highest BCUT2D eigenvalue weighted by atomic mass is 19.1. The largest absolute Gasteiger partial charge is 0.378 e. The van der Waals surface area contributed by atoms with Gasteiger partial charge in [0.25, 0.3) is 0 Å². The molecular weight excluding hydrogens is 241 g/mol. The number of rotatable bonds is 6. The first-order chi connectivity index (χ1) is 9.10. The maximum atomic E-state index is 12.8. The summed E-state index contributed by atoms with van der Waals surface area (Å²) in [5, 5.41) is 3.58. The third kappa shape index (κ3) is 2.98. The maximum absolute atomic E-state index is 12.8. The quantitative estimate of drug-likeness (QED) is 0.850. The van der Waals surface area contributed by atoms with Crippen LogP contribution >= 0.6 is 0 Å². The summed E-state index contributed by atoms with van der Waals surface area (Å²) < 4.78 is 18.6. The van der Waals surface area contributed by atoms with Crippen molar-refractivity contribution in [3.05, 3.63) is 35.6 Å². The van der Waals surface area contributed by atoms with Gasteiger partial charge in [-0.15, -0.1) is 0 Å². The van der Waals surface area contributed by atoms with Crippen molar-refractivity contribution in [3.8, 4) is 0 Å². The first-order valence-electron chi connectivity index (χ1n) is 7.19. The number of ether oxygens (including phenoxy) is 1. The normalized spacial score (nSPS) is 30.1. The van der Waals surface area contributed by atoms with Crippen LogP contribution in [0.25, 0.3) is 0 Å². The smallest absolute Gasteiger partial charge is 0.123 e. The van der Waals surface area contributed by atoms with E-state index in [1.165, 1.54) is 12.1 Å². The van der Waals surface area contributed by atoms with E-state index in [-0.39, 0.29) is 11.2 Å². The highest BCUT2D eigenvalue weighted by Crippen LogP contribution is 2.45. The Morgan fingerprint density at radius 3 is 2.58 bits per heavy atom. The van der Waals surface area contributed by atoms with Crippen molar-refractivity contribution in [1.82, 2.24) is 5.32 Å². The molecule has 1 aliphatic rings. The van der Waals surface area contributed by atoms with Crippen LogP contribution in [0.4, 0.5) is 4.39 Å². The second-order valence-electron chi connectivity index (χ2n) is 5.60. The van der Waals surface area contributed by atoms with Gasteiger partial charge in [0.2, 0.25) is 0 Å². The van der Waals surface area contributed by atoms with Gasteiger partial charge in [-0.3, -0.25) is 0 Å². The third-order valence-electron chi connectivity index (χ3n) is 4.58. The topological polar surface area (TPSA) is 21.3 Å². The van der Waals surface area contributed by atoms with Crippen molar-refractivity contribution in [2.75, 3.05) is 6.61 Å². The van der Waals surface area contributed by atoms with Gasteiger partial charge in [-0.2, -0.15) is 0 Å². The van der Waals surface area contributed by atoms with Gasteiger partial charge in [0, 0.05) is 24.6 Å². The van der Waals surface area contributed by atoms with Gasteiger partial charge < -0.3 is 10.1 Å². The predicted molar refractivity (Wildman–Crippen MR) is 75.5 cm³/mol. The Kier molecular flexibility index (Phi) is 4.58. The number of hydrogen-bond acceptors (Lipinski definition) is 2. The zero-order valence-electron chi connectivity index (χ0n) is 12.1. The van der Waals surface area contributed by atoms with Crippen molar-refractivity contribution in [2.24, 2.45) is 5.41 Å². The minimum Gasteiger partial charge on any atom is -0.378 e. The molecule has 3 heteroatoms. The number of hydrogen-bond donors (Lipinski definition) is 1. The van der Waals surface area contributed by atoms with Gasteiger partial charge in [0.05, 0.1) is 6.10 Å². The van der Waals surface area contributed by atoms with Crippen molar-refractivity contribution in [2.45, 2.75) is 52.3 Å². The Hall–Kier alpha value is -0.930. The number of nitrogens with one attached hydrogen (secondary N) is 1. The molecule has 2 rings (SSSR count). The molecule has 19 heavy (non-hydrogen) atoms. The summed E-state index contributed by atoms with van der Waals surface area (Å²) in [5.41, 5.74) is 1.34. The summed E-state index contributed by atoms with van der Waals surface area (Å²) in [5.74, 6) is -0.179. The lowest BCUT2D eigenvalue weighted by molar-refractivity contribution is -0.126. The SMILES string of the molecule is CCOC1CC(NCc2ccc(F)cc2)C1(C)CC. The average Bonchev–Trinajstić information content (AvgIpc) is 2.43. The molecule has 1 aromatic carbocycles. The van der Waals surface area contributed by atoms with E-state index in [2.05, 4.69) is 26.1 Å². The van der Waals surface area contributed by atoms with E-state index in [0.29, 0.717) is 12.1 Å². The van der Waals surface area contributed by atoms with E-state index in [0.717, 1.165) is 31.6 Å².